The van der Waals surface area contributed by atoms with Crippen LogP contribution in [0.2, 0.25) is 0 Å². The van der Waals surface area contributed by atoms with E-state index in [2.05, 4.69) is 47.7 Å². The van der Waals surface area contributed by atoms with Gasteiger partial charge in [0.15, 0.2) is 0 Å². The van der Waals surface area contributed by atoms with E-state index in [4.69, 9.17) is 0 Å². The molecule has 0 amide bonds. The van der Waals surface area contributed by atoms with Crippen molar-refractivity contribution in [3.05, 3.63) is 16.1 Å². The molecule has 0 saturated carbocycles. The Hall–Kier alpha value is 0.290. The minimum absolute atomic E-state index is 0.444. The molecule has 1 aliphatic heterocycles. The largest absolute Gasteiger partial charge is 0.308 e. The molecular weight excluding hydrogens is 256 g/mol. The number of rotatable bonds is 4. The number of aromatic nitrogens is 1. The lowest BCUT2D eigenvalue weighted by Gasteiger charge is -2.23. The number of thiazole rings is 1. The van der Waals surface area contributed by atoms with Gasteiger partial charge in [-0.25, -0.2) is 4.98 Å². The molecule has 1 aromatic heterocycles. The Labute approximate surface area is 110 Å². The quantitative estimate of drug-likeness (QED) is 0.912. The average Bonchev–Trinajstić information content (AvgIpc) is 2.74. The van der Waals surface area contributed by atoms with Crippen LogP contribution in [-0.4, -0.2) is 34.0 Å². The summed E-state index contributed by atoms with van der Waals surface area (Å²) in [7, 11) is 0. The first-order valence-corrected chi connectivity index (χ1v) is 8.68. The molecule has 0 spiro atoms. The van der Waals surface area contributed by atoms with Gasteiger partial charge in [-0.2, -0.15) is 23.5 Å². The molecule has 0 aromatic carbocycles. The van der Waals surface area contributed by atoms with Crippen LogP contribution in [0.15, 0.2) is 5.51 Å². The van der Waals surface area contributed by atoms with Gasteiger partial charge in [-0.1, -0.05) is 0 Å². The second-order valence-corrected chi connectivity index (χ2v) is 7.44. The summed E-state index contributed by atoms with van der Waals surface area (Å²) >= 11 is 5.95. The Kier molecular flexibility index (Phi) is 5.00. The van der Waals surface area contributed by atoms with Gasteiger partial charge in [0.05, 0.1) is 11.2 Å². The average molecular weight is 274 g/mol. The molecular formula is C11H18N2S3. The molecule has 1 fully saturated rings. The van der Waals surface area contributed by atoms with Crippen LogP contribution in [0, 0.1) is 6.92 Å². The third-order valence-corrected chi connectivity index (χ3v) is 6.67. The summed E-state index contributed by atoms with van der Waals surface area (Å²) < 4.78 is 0. The number of hydrogen-bond donors (Lipinski definition) is 1. The summed E-state index contributed by atoms with van der Waals surface area (Å²) in [6.45, 7) is 5.45. The van der Waals surface area contributed by atoms with Crippen molar-refractivity contribution in [1.82, 2.24) is 10.3 Å². The highest BCUT2D eigenvalue weighted by atomic mass is 32.2. The fourth-order valence-electron chi connectivity index (χ4n) is 1.78. The highest BCUT2D eigenvalue weighted by Crippen LogP contribution is 2.25. The Balaban J connectivity index is 1.79. The van der Waals surface area contributed by atoms with E-state index in [0.29, 0.717) is 6.04 Å². The van der Waals surface area contributed by atoms with Crippen LogP contribution in [0.1, 0.15) is 23.5 Å². The van der Waals surface area contributed by atoms with E-state index in [0.717, 1.165) is 11.8 Å². The second kappa shape index (κ2) is 6.28. The number of aryl methyl sites for hydroxylation is 1. The van der Waals surface area contributed by atoms with Gasteiger partial charge in [0.25, 0.3) is 0 Å². The Morgan fingerprint density at radius 1 is 1.56 bits per heavy atom. The topological polar surface area (TPSA) is 24.9 Å². The summed E-state index contributed by atoms with van der Waals surface area (Å²) in [5.74, 6) is 3.93. The van der Waals surface area contributed by atoms with E-state index < -0.39 is 0 Å². The van der Waals surface area contributed by atoms with E-state index in [1.807, 2.05) is 5.51 Å². The highest BCUT2D eigenvalue weighted by molar-refractivity contribution is 8.06. The van der Waals surface area contributed by atoms with E-state index in [1.165, 1.54) is 27.8 Å². The van der Waals surface area contributed by atoms with Crippen molar-refractivity contribution in [3.8, 4) is 0 Å². The van der Waals surface area contributed by atoms with Crippen molar-refractivity contribution in [2.75, 3.05) is 23.8 Å². The predicted octanol–water partition coefficient (Wildman–Crippen LogP) is 2.95. The van der Waals surface area contributed by atoms with Crippen molar-refractivity contribution in [3.63, 3.8) is 0 Å². The fraction of sp³-hybridized carbons (Fsp3) is 0.727. The lowest BCUT2D eigenvalue weighted by atomic mass is 10.2. The third-order valence-electron chi connectivity index (χ3n) is 2.71. The molecule has 16 heavy (non-hydrogen) atoms. The van der Waals surface area contributed by atoms with E-state index in [1.54, 1.807) is 11.3 Å². The standard InChI is InChI=1S/C11H18N2S3/c1-8(11-9(2)13-7-16-11)12-5-10-6-14-3-4-15-10/h7-8,10,12H,3-6H2,1-2H3. The molecule has 1 saturated heterocycles. The number of thioether (sulfide) groups is 2. The van der Waals surface area contributed by atoms with Crippen LogP contribution >= 0.6 is 34.9 Å². The van der Waals surface area contributed by atoms with Crippen LogP contribution in [0.3, 0.4) is 0 Å². The zero-order valence-corrected chi connectivity index (χ0v) is 12.2. The molecule has 2 atom stereocenters. The lowest BCUT2D eigenvalue weighted by Crippen LogP contribution is -2.30. The van der Waals surface area contributed by atoms with Crippen LogP contribution < -0.4 is 5.32 Å². The number of hydrogen-bond acceptors (Lipinski definition) is 5. The van der Waals surface area contributed by atoms with Crippen LogP contribution in [0.25, 0.3) is 0 Å². The molecule has 0 aliphatic carbocycles. The first-order valence-electron chi connectivity index (χ1n) is 5.60. The van der Waals surface area contributed by atoms with Gasteiger partial charge >= 0.3 is 0 Å². The van der Waals surface area contributed by atoms with Crippen LogP contribution in [-0.2, 0) is 0 Å². The molecule has 2 heterocycles. The van der Waals surface area contributed by atoms with E-state index in [-0.39, 0.29) is 0 Å². The summed E-state index contributed by atoms with van der Waals surface area (Å²) in [6, 6.07) is 0.444. The molecule has 1 aromatic rings. The van der Waals surface area contributed by atoms with Crippen molar-refractivity contribution >= 4 is 34.9 Å². The maximum Gasteiger partial charge on any atom is 0.0798 e. The number of nitrogens with one attached hydrogen (secondary N) is 1. The molecule has 2 unspecified atom stereocenters. The van der Waals surface area contributed by atoms with Crippen LogP contribution in [0.4, 0.5) is 0 Å². The lowest BCUT2D eigenvalue weighted by molar-refractivity contribution is 0.581. The van der Waals surface area contributed by atoms with Crippen molar-refractivity contribution in [2.45, 2.75) is 25.1 Å². The second-order valence-electron chi connectivity index (χ2n) is 4.00. The fourth-order valence-corrected chi connectivity index (χ4v) is 5.24. The molecule has 1 aliphatic rings. The first kappa shape index (κ1) is 12.7. The summed E-state index contributed by atoms with van der Waals surface area (Å²) in [5.41, 5.74) is 3.12. The van der Waals surface area contributed by atoms with Gasteiger partial charge in [-0.15, -0.1) is 11.3 Å². The maximum atomic E-state index is 4.30. The van der Waals surface area contributed by atoms with Gasteiger partial charge in [0.2, 0.25) is 0 Å². The van der Waals surface area contributed by atoms with Crippen LogP contribution in [0.5, 0.6) is 0 Å². The molecule has 0 bridgehead atoms. The van der Waals surface area contributed by atoms with Crippen molar-refractivity contribution < 1.29 is 0 Å². The Morgan fingerprint density at radius 2 is 2.44 bits per heavy atom. The first-order chi connectivity index (χ1) is 7.77. The normalized spacial score (nSPS) is 23.2. The molecule has 2 nitrogen and oxygen atoms in total. The summed E-state index contributed by atoms with van der Waals surface area (Å²) in [5, 5.41) is 4.42. The highest BCUT2D eigenvalue weighted by Gasteiger charge is 2.16. The SMILES string of the molecule is Cc1ncsc1C(C)NCC1CSCCS1. The minimum Gasteiger partial charge on any atom is -0.308 e. The monoisotopic (exact) mass is 274 g/mol. The Bertz CT molecular complexity index is 321. The molecule has 2 rings (SSSR count). The molecule has 1 N–H and O–H groups in total. The van der Waals surface area contributed by atoms with Gasteiger partial charge in [-0.05, 0) is 13.8 Å². The minimum atomic E-state index is 0.444. The predicted molar refractivity (Wildman–Crippen MR) is 76.8 cm³/mol. The van der Waals surface area contributed by atoms with E-state index in [9.17, 15) is 0 Å². The summed E-state index contributed by atoms with van der Waals surface area (Å²) in [6.07, 6.45) is 0. The van der Waals surface area contributed by atoms with Gasteiger partial charge in [-0.3, -0.25) is 0 Å². The third kappa shape index (κ3) is 3.39. The van der Waals surface area contributed by atoms with Gasteiger partial charge in [0, 0.05) is 40.0 Å². The van der Waals surface area contributed by atoms with Gasteiger partial charge in [0.1, 0.15) is 0 Å². The van der Waals surface area contributed by atoms with Crippen molar-refractivity contribution in [2.24, 2.45) is 0 Å². The smallest absolute Gasteiger partial charge is 0.0798 e. The zero-order chi connectivity index (χ0) is 11.4. The molecule has 5 heteroatoms. The zero-order valence-electron chi connectivity index (χ0n) is 9.73. The molecule has 0 radical (unpaired) electrons. The summed E-state index contributed by atoms with van der Waals surface area (Å²) in [4.78, 5) is 5.68. The van der Waals surface area contributed by atoms with E-state index >= 15 is 0 Å². The Morgan fingerprint density at radius 3 is 3.06 bits per heavy atom. The number of nitrogens with zero attached hydrogens (tertiary/aromatic N) is 1. The molecule has 90 valence electrons. The van der Waals surface area contributed by atoms with Crippen molar-refractivity contribution in [1.29, 1.82) is 0 Å². The van der Waals surface area contributed by atoms with Gasteiger partial charge < -0.3 is 5.32 Å². The maximum absolute atomic E-state index is 4.30.